The van der Waals surface area contributed by atoms with Crippen LogP contribution in [-0.2, 0) is 16.1 Å². The average molecular weight is 377 g/mol. The van der Waals surface area contributed by atoms with Crippen molar-refractivity contribution in [1.29, 1.82) is 0 Å². The van der Waals surface area contributed by atoms with Crippen molar-refractivity contribution in [3.05, 3.63) is 70.8 Å². The molecule has 0 bridgehead atoms. The minimum atomic E-state index is -0.679. The van der Waals surface area contributed by atoms with E-state index in [9.17, 15) is 19.2 Å². The van der Waals surface area contributed by atoms with Crippen LogP contribution in [0.25, 0.3) is 0 Å². The van der Waals surface area contributed by atoms with E-state index in [1.165, 1.54) is 4.90 Å². The van der Waals surface area contributed by atoms with Crippen molar-refractivity contribution in [1.82, 2.24) is 4.90 Å². The summed E-state index contributed by atoms with van der Waals surface area (Å²) in [5.41, 5.74) is 1.71. The lowest BCUT2D eigenvalue weighted by Gasteiger charge is -2.21. The van der Waals surface area contributed by atoms with Gasteiger partial charge >= 0.3 is 5.97 Å². The van der Waals surface area contributed by atoms with Crippen molar-refractivity contribution in [3.63, 3.8) is 0 Å². The Morgan fingerprint density at radius 1 is 0.964 bits per heavy atom. The fourth-order valence-corrected chi connectivity index (χ4v) is 3.63. The smallest absolute Gasteiger partial charge is 0.338 e. The van der Waals surface area contributed by atoms with Gasteiger partial charge in [-0.05, 0) is 49.1 Å². The van der Waals surface area contributed by atoms with Crippen LogP contribution in [0.1, 0.15) is 62.3 Å². The minimum absolute atomic E-state index is 0.0400. The molecular formula is C22H19NO5. The van der Waals surface area contributed by atoms with Crippen LogP contribution in [0, 0.1) is 0 Å². The van der Waals surface area contributed by atoms with Crippen molar-refractivity contribution >= 4 is 23.6 Å². The molecule has 0 aromatic heterocycles. The first-order chi connectivity index (χ1) is 13.5. The molecule has 1 atom stereocenters. The van der Waals surface area contributed by atoms with Gasteiger partial charge in [0.1, 0.15) is 0 Å². The molecule has 1 aliphatic carbocycles. The molecule has 6 nitrogen and oxygen atoms in total. The molecule has 0 spiro atoms. The molecule has 0 unspecified atom stereocenters. The van der Waals surface area contributed by atoms with Gasteiger partial charge in [-0.25, -0.2) is 4.79 Å². The number of nitrogens with zero attached hydrogens (tertiary/aromatic N) is 1. The van der Waals surface area contributed by atoms with Crippen LogP contribution in [-0.4, -0.2) is 34.6 Å². The molecule has 4 rings (SSSR count). The summed E-state index contributed by atoms with van der Waals surface area (Å²) in [5.74, 6) is -1.30. The topological polar surface area (TPSA) is 80.8 Å². The number of ether oxygens (including phenoxy) is 1. The number of imide groups is 1. The Morgan fingerprint density at radius 3 is 2.36 bits per heavy atom. The highest BCUT2D eigenvalue weighted by molar-refractivity contribution is 6.21. The Bertz CT molecular complexity index is 945. The first-order valence-corrected chi connectivity index (χ1v) is 9.32. The zero-order valence-corrected chi connectivity index (χ0v) is 15.2. The van der Waals surface area contributed by atoms with E-state index in [0.29, 0.717) is 35.1 Å². The fraction of sp³-hybridized carbons (Fsp3) is 0.273. The maximum atomic E-state index is 12.5. The van der Waals surface area contributed by atoms with Gasteiger partial charge in [-0.3, -0.25) is 19.3 Å². The summed E-state index contributed by atoms with van der Waals surface area (Å²) in [5, 5.41) is 0. The number of benzene rings is 2. The van der Waals surface area contributed by atoms with Crippen molar-refractivity contribution in [2.75, 3.05) is 0 Å². The number of Topliss-reactive ketones (excluding diaryl/α,β-unsaturated/α-hetero) is 1. The number of hydrogen-bond acceptors (Lipinski definition) is 5. The maximum Gasteiger partial charge on any atom is 0.338 e. The molecule has 1 heterocycles. The van der Waals surface area contributed by atoms with E-state index in [-0.39, 0.29) is 24.1 Å². The van der Waals surface area contributed by atoms with Gasteiger partial charge in [-0.1, -0.05) is 24.3 Å². The number of hydrogen-bond donors (Lipinski definition) is 0. The Kier molecular flexibility index (Phi) is 4.77. The average Bonchev–Trinajstić information content (AvgIpc) is 2.95. The summed E-state index contributed by atoms with van der Waals surface area (Å²) in [4.78, 5) is 50.5. The summed E-state index contributed by atoms with van der Waals surface area (Å²) >= 11 is 0. The Labute approximate surface area is 162 Å². The van der Waals surface area contributed by atoms with Crippen LogP contribution in [0.4, 0.5) is 0 Å². The lowest BCUT2D eigenvalue weighted by Crippen LogP contribution is -2.30. The molecule has 28 heavy (non-hydrogen) atoms. The van der Waals surface area contributed by atoms with Crippen LogP contribution in [0.3, 0.4) is 0 Å². The fourth-order valence-electron chi connectivity index (χ4n) is 3.63. The third kappa shape index (κ3) is 3.33. The highest BCUT2D eigenvalue weighted by Gasteiger charge is 2.35. The third-order valence-electron chi connectivity index (χ3n) is 5.13. The summed E-state index contributed by atoms with van der Waals surface area (Å²) in [7, 11) is 0. The molecular weight excluding hydrogens is 358 g/mol. The van der Waals surface area contributed by atoms with Gasteiger partial charge in [-0.2, -0.15) is 0 Å². The second-order valence-electron chi connectivity index (χ2n) is 7.05. The number of rotatable bonds is 4. The van der Waals surface area contributed by atoms with Crippen LogP contribution >= 0.6 is 0 Å². The van der Waals surface area contributed by atoms with Gasteiger partial charge in [0.05, 0.1) is 23.2 Å². The molecule has 0 saturated heterocycles. The van der Waals surface area contributed by atoms with E-state index in [0.717, 1.165) is 12.8 Å². The monoisotopic (exact) mass is 377 g/mol. The molecule has 1 fully saturated rings. The molecule has 2 aliphatic rings. The zero-order chi connectivity index (χ0) is 19.7. The summed E-state index contributed by atoms with van der Waals surface area (Å²) in [6, 6.07) is 13.3. The van der Waals surface area contributed by atoms with Gasteiger partial charge in [-0.15, -0.1) is 0 Å². The van der Waals surface area contributed by atoms with Gasteiger partial charge in [0, 0.05) is 6.42 Å². The molecule has 6 heteroatoms. The van der Waals surface area contributed by atoms with Gasteiger partial charge < -0.3 is 4.74 Å². The van der Waals surface area contributed by atoms with Gasteiger partial charge in [0.15, 0.2) is 11.9 Å². The summed E-state index contributed by atoms with van der Waals surface area (Å²) in [6.07, 6.45) is 2.02. The van der Waals surface area contributed by atoms with E-state index in [4.69, 9.17) is 4.74 Å². The Hall–Kier alpha value is -3.28. The predicted molar refractivity (Wildman–Crippen MR) is 99.8 cm³/mol. The summed E-state index contributed by atoms with van der Waals surface area (Å²) < 4.78 is 5.37. The third-order valence-corrected chi connectivity index (χ3v) is 5.13. The summed E-state index contributed by atoms with van der Waals surface area (Å²) in [6.45, 7) is 0.0653. The quantitative estimate of drug-likeness (QED) is 0.604. The number of amides is 2. The first-order valence-electron chi connectivity index (χ1n) is 9.32. The molecule has 1 saturated carbocycles. The predicted octanol–water partition coefficient (Wildman–Crippen LogP) is 3.15. The highest BCUT2D eigenvalue weighted by atomic mass is 16.5. The molecule has 2 aromatic carbocycles. The number of esters is 1. The number of fused-ring (bicyclic) bond motifs is 1. The molecule has 2 amide bonds. The SMILES string of the molecule is O=C(O[C@H]1CCCCC1=O)c1cccc(CN2C(=O)c3ccccc3C2=O)c1. The molecule has 2 aromatic rings. The van der Waals surface area contributed by atoms with E-state index >= 15 is 0 Å². The van der Waals surface area contributed by atoms with Crippen molar-refractivity contribution in [2.24, 2.45) is 0 Å². The van der Waals surface area contributed by atoms with E-state index in [1.807, 2.05) is 0 Å². The maximum absolute atomic E-state index is 12.5. The van der Waals surface area contributed by atoms with Crippen molar-refractivity contribution in [3.8, 4) is 0 Å². The minimum Gasteiger partial charge on any atom is -0.451 e. The van der Waals surface area contributed by atoms with Crippen LogP contribution in [0.2, 0.25) is 0 Å². The molecule has 1 aliphatic heterocycles. The Balaban J connectivity index is 1.49. The molecule has 142 valence electrons. The second-order valence-corrected chi connectivity index (χ2v) is 7.05. The standard InChI is InChI=1S/C22H19NO5/c24-18-10-3-4-11-19(18)28-22(27)15-7-5-6-14(12-15)13-23-20(25)16-8-1-2-9-17(16)21(23)26/h1-2,5-9,12,19H,3-4,10-11,13H2/t19-/m0/s1. The molecule has 0 N–H and O–H groups in total. The van der Waals surface area contributed by atoms with E-state index in [2.05, 4.69) is 0 Å². The van der Waals surface area contributed by atoms with Gasteiger partial charge in [0.25, 0.3) is 11.8 Å². The number of carbonyl (C=O) groups excluding carboxylic acids is 4. The van der Waals surface area contributed by atoms with Crippen LogP contribution < -0.4 is 0 Å². The van der Waals surface area contributed by atoms with Gasteiger partial charge in [0.2, 0.25) is 0 Å². The van der Waals surface area contributed by atoms with E-state index in [1.54, 1.807) is 48.5 Å². The molecule has 0 radical (unpaired) electrons. The largest absolute Gasteiger partial charge is 0.451 e. The van der Waals surface area contributed by atoms with Crippen LogP contribution in [0.15, 0.2) is 48.5 Å². The van der Waals surface area contributed by atoms with Crippen molar-refractivity contribution in [2.45, 2.75) is 38.3 Å². The lowest BCUT2D eigenvalue weighted by molar-refractivity contribution is -0.129. The first kappa shape index (κ1) is 18.1. The normalized spacial score (nSPS) is 18.9. The lowest BCUT2D eigenvalue weighted by atomic mass is 9.96. The van der Waals surface area contributed by atoms with E-state index < -0.39 is 12.1 Å². The Morgan fingerprint density at radius 2 is 1.68 bits per heavy atom. The van der Waals surface area contributed by atoms with Crippen LogP contribution in [0.5, 0.6) is 0 Å². The zero-order valence-electron chi connectivity index (χ0n) is 15.2. The number of carbonyl (C=O) groups is 4. The number of ketones is 1. The van der Waals surface area contributed by atoms with Crippen molar-refractivity contribution < 1.29 is 23.9 Å². The highest BCUT2D eigenvalue weighted by Crippen LogP contribution is 2.25. The second kappa shape index (κ2) is 7.38.